The molecule has 1 saturated heterocycles. The van der Waals surface area contributed by atoms with E-state index >= 15 is 0 Å². The van der Waals surface area contributed by atoms with Crippen LogP contribution in [-0.4, -0.2) is 44.5 Å². The van der Waals surface area contributed by atoms with E-state index in [9.17, 15) is 28.6 Å². The number of aliphatic hydroxyl groups is 1. The monoisotopic (exact) mass is 421 g/mol. The quantitative estimate of drug-likeness (QED) is 0.688. The Balaban J connectivity index is 1.62. The average molecular weight is 421 g/mol. The van der Waals surface area contributed by atoms with Crippen molar-refractivity contribution in [2.75, 3.05) is 6.61 Å². The van der Waals surface area contributed by atoms with E-state index in [1.54, 1.807) is 4.90 Å². The van der Waals surface area contributed by atoms with Gasteiger partial charge in [0.15, 0.2) is 12.0 Å². The summed E-state index contributed by atoms with van der Waals surface area (Å²) in [6.07, 6.45) is 0.204. The number of amides is 1. The molecule has 2 aliphatic rings. The molecule has 30 heavy (non-hydrogen) atoms. The third-order valence-corrected chi connectivity index (χ3v) is 5.56. The maximum absolute atomic E-state index is 13.8. The Hall–Kier alpha value is -2.82. The number of benzene rings is 1. The van der Waals surface area contributed by atoms with Crippen LogP contribution in [0.3, 0.4) is 0 Å². The molecule has 0 spiro atoms. The average Bonchev–Trinajstić information content (AvgIpc) is 2.69. The SMILES string of the molecule is C[C@@H]1CCOC2Cn3cc(C(=O)NCc4ccc(F)cc4F)c(=O)c(O)c3C(O)N21. The predicted octanol–water partition coefficient (Wildman–Crippen LogP) is 1.20. The first-order valence-corrected chi connectivity index (χ1v) is 9.53. The van der Waals surface area contributed by atoms with Crippen LogP contribution in [0, 0.1) is 11.6 Å². The topological polar surface area (TPSA) is 104 Å². The molecule has 1 fully saturated rings. The summed E-state index contributed by atoms with van der Waals surface area (Å²) < 4.78 is 33.9. The second-order valence-corrected chi connectivity index (χ2v) is 7.46. The summed E-state index contributed by atoms with van der Waals surface area (Å²) in [6, 6.07) is 2.92. The number of nitrogens with zero attached hydrogens (tertiary/aromatic N) is 2. The fraction of sp³-hybridized carbons (Fsp3) is 0.400. The second kappa shape index (κ2) is 7.78. The van der Waals surface area contributed by atoms with Crippen LogP contribution in [-0.2, 0) is 17.8 Å². The molecule has 10 heteroatoms. The highest BCUT2D eigenvalue weighted by atomic mass is 19.1. The number of aromatic nitrogens is 1. The molecule has 0 saturated carbocycles. The zero-order valence-corrected chi connectivity index (χ0v) is 16.1. The number of ether oxygens (including phenoxy) is 1. The lowest BCUT2D eigenvalue weighted by Crippen LogP contribution is -2.55. The number of rotatable bonds is 3. The summed E-state index contributed by atoms with van der Waals surface area (Å²) >= 11 is 0. The molecule has 3 atom stereocenters. The van der Waals surface area contributed by atoms with Crippen LogP contribution in [0.1, 0.15) is 41.2 Å². The normalized spacial score (nSPS) is 23.5. The molecule has 2 unspecified atom stereocenters. The van der Waals surface area contributed by atoms with Gasteiger partial charge in [-0.05, 0) is 19.4 Å². The van der Waals surface area contributed by atoms with E-state index in [0.29, 0.717) is 19.1 Å². The Bertz CT molecular complexity index is 1060. The first-order valence-electron chi connectivity index (χ1n) is 9.53. The van der Waals surface area contributed by atoms with Gasteiger partial charge < -0.3 is 24.8 Å². The van der Waals surface area contributed by atoms with Gasteiger partial charge in [0.05, 0.1) is 13.2 Å². The van der Waals surface area contributed by atoms with Crippen molar-refractivity contribution in [3.05, 3.63) is 63.1 Å². The predicted molar refractivity (Wildman–Crippen MR) is 101 cm³/mol. The van der Waals surface area contributed by atoms with Gasteiger partial charge >= 0.3 is 0 Å². The molecule has 3 heterocycles. The number of halogens is 2. The van der Waals surface area contributed by atoms with Gasteiger partial charge in [-0.25, -0.2) is 13.7 Å². The minimum absolute atomic E-state index is 0.00488. The number of hydrogen-bond donors (Lipinski definition) is 3. The molecule has 0 bridgehead atoms. The molecule has 3 N–H and O–H groups in total. The lowest BCUT2D eigenvalue weighted by Gasteiger charge is -2.47. The third kappa shape index (κ3) is 3.47. The van der Waals surface area contributed by atoms with E-state index in [1.807, 2.05) is 6.92 Å². The molecule has 8 nitrogen and oxygen atoms in total. The van der Waals surface area contributed by atoms with E-state index in [-0.39, 0.29) is 36.0 Å². The highest BCUT2D eigenvalue weighted by Crippen LogP contribution is 2.36. The lowest BCUT2D eigenvalue weighted by molar-refractivity contribution is -0.204. The maximum Gasteiger partial charge on any atom is 0.257 e. The summed E-state index contributed by atoms with van der Waals surface area (Å²) in [5.41, 5.74) is -1.26. The molecule has 2 aliphatic heterocycles. The van der Waals surface area contributed by atoms with Crippen molar-refractivity contribution in [2.24, 2.45) is 0 Å². The van der Waals surface area contributed by atoms with Gasteiger partial charge in [0.25, 0.3) is 5.91 Å². The Morgan fingerprint density at radius 2 is 2.13 bits per heavy atom. The number of aromatic hydroxyl groups is 1. The van der Waals surface area contributed by atoms with Gasteiger partial charge in [0.2, 0.25) is 5.43 Å². The Kier molecular flexibility index (Phi) is 5.31. The van der Waals surface area contributed by atoms with E-state index in [4.69, 9.17) is 4.74 Å². The summed E-state index contributed by atoms with van der Waals surface area (Å²) in [4.78, 5) is 26.8. The summed E-state index contributed by atoms with van der Waals surface area (Å²) in [5.74, 6) is -3.12. The zero-order valence-electron chi connectivity index (χ0n) is 16.1. The van der Waals surface area contributed by atoms with Crippen molar-refractivity contribution in [3.8, 4) is 5.75 Å². The summed E-state index contributed by atoms with van der Waals surface area (Å²) in [5, 5.41) is 23.6. The lowest BCUT2D eigenvalue weighted by atomic mass is 10.1. The number of hydrogen-bond acceptors (Lipinski definition) is 6. The number of nitrogens with one attached hydrogen (secondary N) is 1. The van der Waals surface area contributed by atoms with E-state index in [2.05, 4.69) is 5.32 Å². The molecule has 2 aromatic rings. The Morgan fingerprint density at radius 3 is 2.87 bits per heavy atom. The molecule has 0 radical (unpaired) electrons. The Morgan fingerprint density at radius 1 is 1.37 bits per heavy atom. The number of carbonyl (C=O) groups excluding carboxylic acids is 1. The van der Waals surface area contributed by atoms with Gasteiger partial charge in [-0.1, -0.05) is 6.07 Å². The van der Waals surface area contributed by atoms with Crippen LogP contribution in [0.4, 0.5) is 8.78 Å². The minimum atomic E-state index is -1.27. The van der Waals surface area contributed by atoms with Gasteiger partial charge in [-0.3, -0.25) is 9.59 Å². The molecule has 1 amide bonds. The van der Waals surface area contributed by atoms with Gasteiger partial charge in [-0.2, -0.15) is 0 Å². The van der Waals surface area contributed by atoms with Crippen LogP contribution >= 0.6 is 0 Å². The second-order valence-electron chi connectivity index (χ2n) is 7.46. The van der Waals surface area contributed by atoms with Crippen LogP contribution in [0.2, 0.25) is 0 Å². The van der Waals surface area contributed by atoms with Crippen LogP contribution in [0.25, 0.3) is 0 Å². The van der Waals surface area contributed by atoms with Gasteiger partial charge in [0.1, 0.15) is 29.1 Å². The highest BCUT2D eigenvalue weighted by molar-refractivity contribution is 5.94. The fourth-order valence-corrected chi connectivity index (χ4v) is 3.93. The molecule has 1 aromatic carbocycles. The first-order chi connectivity index (χ1) is 14.3. The van der Waals surface area contributed by atoms with E-state index < -0.39 is 41.2 Å². The van der Waals surface area contributed by atoms with Crippen molar-refractivity contribution < 1.29 is 28.5 Å². The molecular formula is C20H21F2N3O5. The number of aliphatic hydroxyl groups excluding tert-OH is 1. The molecule has 0 aliphatic carbocycles. The van der Waals surface area contributed by atoms with Crippen LogP contribution in [0.15, 0.2) is 29.2 Å². The standard InChI is InChI=1S/C20H21F2N3O5/c1-10-4-5-30-15-9-24-8-13(17(26)18(27)16(24)20(29)25(10)15)19(28)23-7-11-2-3-12(21)6-14(11)22/h2-3,6,8,10,15,20,27,29H,4-5,7,9H2,1H3,(H,23,28)/t10-,15?,20?/m1/s1. The molecule has 4 rings (SSSR count). The van der Waals surface area contributed by atoms with Crippen molar-refractivity contribution in [1.82, 2.24) is 14.8 Å². The number of pyridine rings is 1. The minimum Gasteiger partial charge on any atom is -0.503 e. The molecule has 1 aromatic heterocycles. The zero-order chi connectivity index (χ0) is 21.6. The van der Waals surface area contributed by atoms with E-state index in [1.165, 1.54) is 16.8 Å². The molecular weight excluding hydrogens is 400 g/mol. The maximum atomic E-state index is 13.8. The Labute approximate surface area is 170 Å². The third-order valence-electron chi connectivity index (χ3n) is 5.56. The van der Waals surface area contributed by atoms with Crippen molar-refractivity contribution in [3.63, 3.8) is 0 Å². The fourth-order valence-electron chi connectivity index (χ4n) is 3.93. The largest absolute Gasteiger partial charge is 0.503 e. The number of fused-ring (bicyclic) bond motifs is 2. The summed E-state index contributed by atoms with van der Waals surface area (Å²) in [7, 11) is 0. The van der Waals surface area contributed by atoms with Gasteiger partial charge in [-0.15, -0.1) is 0 Å². The number of carbonyl (C=O) groups is 1. The highest BCUT2D eigenvalue weighted by Gasteiger charge is 2.41. The van der Waals surface area contributed by atoms with Crippen molar-refractivity contribution in [2.45, 2.75) is 44.9 Å². The molecule has 160 valence electrons. The van der Waals surface area contributed by atoms with E-state index in [0.717, 1.165) is 6.07 Å². The van der Waals surface area contributed by atoms with Crippen molar-refractivity contribution >= 4 is 5.91 Å². The smallest absolute Gasteiger partial charge is 0.257 e. The first kappa shape index (κ1) is 20.5. The van der Waals surface area contributed by atoms with Crippen molar-refractivity contribution in [1.29, 1.82) is 0 Å². The van der Waals surface area contributed by atoms with Crippen LogP contribution < -0.4 is 10.7 Å². The van der Waals surface area contributed by atoms with Gasteiger partial charge in [0, 0.05) is 30.4 Å². The summed E-state index contributed by atoms with van der Waals surface area (Å²) in [6.45, 7) is 2.36. The van der Waals surface area contributed by atoms with Crippen LogP contribution in [0.5, 0.6) is 5.75 Å².